The maximum Gasteiger partial charge on any atom is 0.170 e. The molecule has 1 aromatic heterocycles. The van der Waals surface area contributed by atoms with E-state index in [9.17, 15) is 0 Å². The molecule has 90 valence electrons. The summed E-state index contributed by atoms with van der Waals surface area (Å²) in [6, 6.07) is 0.352. The summed E-state index contributed by atoms with van der Waals surface area (Å²) < 4.78 is 6.79. The van der Waals surface area contributed by atoms with Gasteiger partial charge in [0.1, 0.15) is 0 Å². The number of methoxy groups -OCH3 is 1. The summed E-state index contributed by atoms with van der Waals surface area (Å²) in [5.74, 6) is 0. The highest BCUT2D eigenvalue weighted by molar-refractivity contribution is 7.80. The molecule has 0 radical (unpaired) electrons. The van der Waals surface area contributed by atoms with Crippen LogP contribution in [0.15, 0.2) is 12.4 Å². The Morgan fingerprint density at radius 3 is 2.94 bits per heavy atom. The van der Waals surface area contributed by atoms with Crippen LogP contribution in [0.4, 0.5) is 5.69 Å². The van der Waals surface area contributed by atoms with Crippen LogP contribution in [0.1, 0.15) is 19.9 Å². The Labute approximate surface area is 101 Å². The molecule has 1 aromatic rings. The minimum absolute atomic E-state index is 0.352. The number of aromatic nitrogens is 2. The smallest absolute Gasteiger partial charge is 0.170 e. The van der Waals surface area contributed by atoms with Crippen LogP contribution in [0.25, 0.3) is 0 Å². The molecule has 1 rings (SSSR count). The van der Waals surface area contributed by atoms with Crippen LogP contribution >= 0.6 is 12.2 Å². The van der Waals surface area contributed by atoms with Gasteiger partial charge in [-0.3, -0.25) is 4.68 Å². The molecule has 2 N–H and O–H groups in total. The van der Waals surface area contributed by atoms with Crippen molar-refractivity contribution in [3.05, 3.63) is 12.4 Å². The lowest BCUT2D eigenvalue weighted by Gasteiger charge is -2.08. The Balaban J connectivity index is 2.37. The maximum atomic E-state index is 5.11. The van der Waals surface area contributed by atoms with E-state index in [4.69, 9.17) is 17.0 Å². The van der Waals surface area contributed by atoms with Crippen molar-refractivity contribution in [1.29, 1.82) is 0 Å². The predicted octanol–water partition coefficient (Wildman–Crippen LogP) is 1.40. The van der Waals surface area contributed by atoms with Gasteiger partial charge in [-0.05, 0) is 26.1 Å². The molecule has 0 amide bonds. The van der Waals surface area contributed by atoms with Crippen molar-refractivity contribution in [2.75, 3.05) is 25.6 Å². The number of ether oxygens (including phenoxy) is 1. The Morgan fingerprint density at radius 2 is 2.38 bits per heavy atom. The second-order valence-corrected chi connectivity index (χ2v) is 4.08. The van der Waals surface area contributed by atoms with E-state index in [-0.39, 0.29) is 0 Å². The number of thiocarbonyl (C=S) groups is 1. The SMILES string of the molecule is COCCNC(=S)Nc1cnn(C(C)C)c1. The Morgan fingerprint density at radius 1 is 1.62 bits per heavy atom. The first-order chi connectivity index (χ1) is 7.63. The molecule has 0 aliphatic carbocycles. The van der Waals surface area contributed by atoms with E-state index in [1.807, 2.05) is 10.9 Å². The van der Waals surface area contributed by atoms with Gasteiger partial charge in [-0.2, -0.15) is 5.10 Å². The van der Waals surface area contributed by atoms with E-state index in [2.05, 4.69) is 29.6 Å². The molecule has 16 heavy (non-hydrogen) atoms. The second-order valence-electron chi connectivity index (χ2n) is 3.68. The Kier molecular flexibility index (Phi) is 5.21. The molecule has 0 atom stereocenters. The maximum absolute atomic E-state index is 5.11. The highest BCUT2D eigenvalue weighted by Crippen LogP contribution is 2.09. The minimum atomic E-state index is 0.352. The average Bonchev–Trinajstić information content (AvgIpc) is 2.66. The van der Waals surface area contributed by atoms with Crippen molar-refractivity contribution < 1.29 is 4.74 Å². The standard InChI is InChI=1S/C10H18N4OS/c1-8(2)14-7-9(6-12-14)13-10(16)11-4-5-15-3/h6-8H,4-5H2,1-3H3,(H2,11,13,16). The van der Waals surface area contributed by atoms with Crippen LogP contribution in [0.3, 0.4) is 0 Å². The van der Waals surface area contributed by atoms with Crippen molar-refractivity contribution >= 4 is 23.0 Å². The molecular weight excluding hydrogens is 224 g/mol. The summed E-state index contributed by atoms with van der Waals surface area (Å²) in [4.78, 5) is 0. The molecule has 0 unspecified atom stereocenters. The lowest BCUT2D eigenvalue weighted by Crippen LogP contribution is -2.30. The molecule has 0 aromatic carbocycles. The van der Waals surface area contributed by atoms with E-state index < -0.39 is 0 Å². The molecule has 6 heteroatoms. The lowest BCUT2D eigenvalue weighted by atomic mass is 10.4. The quantitative estimate of drug-likeness (QED) is 0.604. The molecule has 0 spiro atoms. The van der Waals surface area contributed by atoms with E-state index >= 15 is 0 Å². The van der Waals surface area contributed by atoms with Crippen molar-refractivity contribution in [3.8, 4) is 0 Å². The van der Waals surface area contributed by atoms with Crippen molar-refractivity contribution in [1.82, 2.24) is 15.1 Å². The number of rotatable bonds is 5. The van der Waals surface area contributed by atoms with E-state index in [0.717, 1.165) is 5.69 Å². The number of nitrogens with zero attached hydrogens (tertiary/aromatic N) is 2. The zero-order valence-corrected chi connectivity index (χ0v) is 10.7. The van der Waals surface area contributed by atoms with Crippen LogP contribution in [-0.2, 0) is 4.74 Å². The van der Waals surface area contributed by atoms with Crippen LogP contribution in [-0.4, -0.2) is 35.2 Å². The van der Waals surface area contributed by atoms with Gasteiger partial charge >= 0.3 is 0 Å². The zero-order valence-electron chi connectivity index (χ0n) is 9.86. The van der Waals surface area contributed by atoms with Crippen molar-refractivity contribution in [3.63, 3.8) is 0 Å². The summed E-state index contributed by atoms with van der Waals surface area (Å²) in [5, 5.41) is 10.9. The van der Waals surface area contributed by atoms with Crippen molar-refractivity contribution in [2.45, 2.75) is 19.9 Å². The second kappa shape index (κ2) is 6.44. The van der Waals surface area contributed by atoms with Crippen LogP contribution < -0.4 is 10.6 Å². The number of nitrogens with one attached hydrogen (secondary N) is 2. The third-order valence-corrected chi connectivity index (χ3v) is 2.23. The van der Waals surface area contributed by atoms with Gasteiger partial charge in [0, 0.05) is 25.9 Å². The van der Waals surface area contributed by atoms with Crippen molar-refractivity contribution in [2.24, 2.45) is 0 Å². The predicted molar refractivity (Wildman–Crippen MR) is 68.7 cm³/mol. The number of hydrogen-bond acceptors (Lipinski definition) is 3. The summed E-state index contributed by atoms with van der Waals surface area (Å²) >= 11 is 5.11. The van der Waals surface area contributed by atoms with E-state index in [0.29, 0.717) is 24.3 Å². The Bertz CT molecular complexity index is 337. The minimum Gasteiger partial charge on any atom is -0.383 e. The van der Waals surface area contributed by atoms with Gasteiger partial charge < -0.3 is 15.4 Å². The van der Waals surface area contributed by atoms with Gasteiger partial charge in [0.25, 0.3) is 0 Å². The van der Waals surface area contributed by atoms with Gasteiger partial charge in [-0.15, -0.1) is 0 Å². The third-order valence-electron chi connectivity index (χ3n) is 1.98. The van der Waals surface area contributed by atoms with Gasteiger partial charge in [0.05, 0.1) is 18.5 Å². The molecule has 1 heterocycles. The van der Waals surface area contributed by atoms with Gasteiger partial charge in [-0.25, -0.2) is 0 Å². The third kappa shape index (κ3) is 4.16. The molecule has 0 saturated heterocycles. The molecule has 0 bridgehead atoms. The normalized spacial score (nSPS) is 10.5. The first-order valence-corrected chi connectivity index (χ1v) is 5.62. The average molecular weight is 242 g/mol. The number of hydrogen-bond donors (Lipinski definition) is 2. The van der Waals surface area contributed by atoms with E-state index in [1.165, 1.54) is 0 Å². The van der Waals surface area contributed by atoms with Gasteiger partial charge in [-0.1, -0.05) is 0 Å². The first-order valence-electron chi connectivity index (χ1n) is 5.21. The molecule has 0 fully saturated rings. The van der Waals surface area contributed by atoms with Crippen LogP contribution in [0.2, 0.25) is 0 Å². The molecular formula is C10H18N4OS. The summed E-state index contributed by atoms with van der Waals surface area (Å²) in [5.41, 5.74) is 0.892. The Hall–Kier alpha value is -1.14. The van der Waals surface area contributed by atoms with E-state index in [1.54, 1.807) is 13.3 Å². The highest BCUT2D eigenvalue weighted by Gasteiger charge is 2.02. The molecule has 0 saturated carbocycles. The molecule has 0 aliphatic heterocycles. The largest absolute Gasteiger partial charge is 0.383 e. The molecule has 0 aliphatic rings. The summed E-state index contributed by atoms with van der Waals surface area (Å²) in [6.45, 7) is 5.48. The topological polar surface area (TPSA) is 51.1 Å². The fourth-order valence-electron chi connectivity index (χ4n) is 1.13. The first kappa shape index (κ1) is 12.9. The number of anilines is 1. The van der Waals surface area contributed by atoms with Crippen LogP contribution in [0.5, 0.6) is 0 Å². The van der Waals surface area contributed by atoms with Gasteiger partial charge in [0.15, 0.2) is 5.11 Å². The lowest BCUT2D eigenvalue weighted by molar-refractivity contribution is 0.204. The molecule has 5 nitrogen and oxygen atoms in total. The fraction of sp³-hybridized carbons (Fsp3) is 0.600. The summed E-state index contributed by atoms with van der Waals surface area (Å²) in [6.07, 6.45) is 3.68. The monoisotopic (exact) mass is 242 g/mol. The zero-order chi connectivity index (χ0) is 12.0. The summed E-state index contributed by atoms with van der Waals surface area (Å²) in [7, 11) is 1.66. The van der Waals surface area contributed by atoms with Crippen LogP contribution in [0, 0.1) is 0 Å². The fourth-order valence-corrected chi connectivity index (χ4v) is 1.35. The van der Waals surface area contributed by atoms with Gasteiger partial charge in [0.2, 0.25) is 0 Å². The highest BCUT2D eigenvalue weighted by atomic mass is 32.1.